The molecule has 2 aromatic rings. The Labute approximate surface area is 186 Å². The van der Waals surface area contributed by atoms with E-state index in [4.69, 9.17) is 11.6 Å². The Bertz CT molecular complexity index is 886. The van der Waals surface area contributed by atoms with Crippen LogP contribution in [0.25, 0.3) is 0 Å². The van der Waals surface area contributed by atoms with E-state index < -0.39 is 0 Å². The normalized spacial score (nSPS) is 19.9. The van der Waals surface area contributed by atoms with Gasteiger partial charge in [0.25, 0.3) is 5.91 Å². The SMILES string of the molecule is CC(NC(=O)c1ccc(Cl)cc1)c1nnc(SCC(=O)NC2CCCCC2C)n1C. The molecule has 7 nitrogen and oxygen atoms in total. The maximum atomic E-state index is 12.4. The molecule has 1 aromatic carbocycles. The number of carbonyl (C=O) groups excluding carboxylic acids is 2. The number of nitrogens with one attached hydrogen (secondary N) is 2. The van der Waals surface area contributed by atoms with Gasteiger partial charge >= 0.3 is 0 Å². The molecule has 3 rings (SSSR count). The predicted octanol–water partition coefficient (Wildman–Crippen LogP) is 3.75. The van der Waals surface area contributed by atoms with Crippen LogP contribution in [0.1, 0.15) is 61.8 Å². The first-order chi connectivity index (χ1) is 14.3. The summed E-state index contributed by atoms with van der Waals surface area (Å²) in [6.07, 6.45) is 4.65. The van der Waals surface area contributed by atoms with E-state index in [1.165, 1.54) is 31.0 Å². The van der Waals surface area contributed by atoms with Crippen molar-refractivity contribution < 1.29 is 9.59 Å². The third kappa shape index (κ3) is 5.76. The standard InChI is InChI=1S/C21H28ClN5O2S/c1-13-6-4-5-7-17(13)24-18(28)12-30-21-26-25-19(27(21)3)14(2)23-20(29)15-8-10-16(22)11-9-15/h8-11,13-14,17H,4-7,12H2,1-3H3,(H,23,29)(H,24,28). The third-order valence-electron chi connectivity index (χ3n) is 5.50. The monoisotopic (exact) mass is 449 g/mol. The first-order valence-electron chi connectivity index (χ1n) is 10.2. The highest BCUT2D eigenvalue weighted by Gasteiger charge is 2.23. The van der Waals surface area contributed by atoms with Crippen molar-refractivity contribution >= 4 is 35.2 Å². The van der Waals surface area contributed by atoms with Gasteiger partial charge in [0.15, 0.2) is 11.0 Å². The summed E-state index contributed by atoms with van der Waals surface area (Å²) < 4.78 is 1.81. The molecule has 2 amide bonds. The first-order valence-corrected chi connectivity index (χ1v) is 11.6. The van der Waals surface area contributed by atoms with E-state index in [1.807, 2.05) is 18.5 Å². The molecular formula is C21H28ClN5O2S. The Kier molecular flexibility index (Phi) is 7.77. The number of halogens is 1. The lowest BCUT2D eigenvalue weighted by molar-refractivity contribution is -0.119. The van der Waals surface area contributed by atoms with Crippen molar-refractivity contribution in [3.05, 3.63) is 40.7 Å². The van der Waals surface area contributed by atoms with Crippen molar-refractivity contribution in [2.75, 3.05) is 5.75 Å². The average molecular weight is 450 g/mol. The van der Waals surface area contributed by atoms with Gasteiger partial charge in [-0.05, 0) is 49.9 Å². The van der Waals surface area contributed by atoms with Crippen molar-refractivity contribution in [3.63, 3.8) is 0 Å². The number of hydrogen-bond donors (Lipinski definition) is 2. The van der Waals surface area contributed by atoms with Gasteiger partial charge in [0.1, 0.15) is 0 Å². The topological polar surface area (TPSA) is 88.9 Å². The molecular weight excluding hydrogens is 422 g/mol. The highest BCUT2D eigenvalue weighted by molar-refractivity contribution is 7.99. The van der Waals surface area contributed by atoms with Crippen LogP contribution in [-0.2, 0) is 11.8 Å². The Hall–Kier alpha value is -2.06. The van der Waals surface area contributed by atoms with E-state index in [0.29, 0.717) is 33.2 Å². The summed E-state index contributed by atoms with van der Waals surface area (Å²) in [7, 11) is 1.84. The minimum atomic E-state index is -0.336. The molecule has 0 radical (unpaired) electrons. The highest BCUT2D eigenvalue weighted by atomic mass is 35.5. The van der Waals surface area contributed by atoms with Crippen LogP contribution in [0.5, 0.6) is 0 Å². The molecule has 1 aliphatic rings. The summed E-state index contributed by atoms with van der Waals surface area (Å²) in [6.45, 7) is 4.05. The fraction of sp³-hybridized carbons (Fsp3) is 0.524. The summed E-state index contributed by atoms with van der Waals surface area (Å²) in [6, 6.07) is 6.64. The van der Waals surface area contributed by atoms with Gasteiger partial charge in [-0.25, -0.2) is 0 Å². The van der Waals surface area contributed by atoms with Gasteiger partial charge < -0.3 is 15.2 Å². The lowest BCUT2D eigenvalue weighted by Gasteiger charge is -2.29. The molecule has 0 spiro atoms. The molecule has 1 saturated carbocycles. The van der Waals surface area contributed by atoms with Crippen LogP contribution in [0.3, 0.4) is 0 Å². The highest BCUT2D eigenvalue weighted by Crippen LogP contribution is 2.24. The maximum Gasteiger partial charge on any atom is 0.251 e. The summed E-state index contributed by atoms with van der Waals surface area (Å²) in [5, 5.41) is 15.7. The molecule has 0 saturated heterocycles. The number of thioether (sulfide) groups is 1. The second kappa shape index (κ2) is 10.3. The molecule has 1 fully saturated rings. The van der Waals surface area contributed by atoms with Crippen LogP contribution in [0, 0.1) is 5.92 Å². The summed E-state index contributed by atoms with van der Waals surface area (Å²) >= 11 is 7.22. The number of carbonyl (C=O) groups is 2. The zero-order chi connectivity index (χ0) is 21.7. The number of amides is 2. The number of aromatic nitrogens is 3. The number of benzene rings is 1. The lowest BCUT2D eigenvalue weighted by atomic mass is 9.86. The van der Waals surface area contributed by atoms with Crippen molar-refractivity contribution in [3.8, 4) is 0 Å². The Balaban J connectivity index is 1.53. The number of rotatable bonds is 7. The van der Waals surface area contributed by atoms with E-state index in [2.05, 4.69) is 27.8 Å². The summed E-state index contributed by atoms with van der Waals surface area (Å²) in [5.41, 5.74) is 0.525. The second-order valence-electron chi connectivity index (χ2n) is 7.83. The molecule has 162 valence electrons. The smallest absolute Gasteiger partial charge is 0.251 e. The fourth-order valence-corrected chi connectivity index (χ4v) is 4.54. The minimum Gasteiger partial charge on any atom is -0.352 e. The van der Waals surface area contributed by atoms with E-state index in [0.717, 1.165) is 6.42 Å². The van der Waals surface area contributed by atoms with Crippen molar-refractivity contribution in [2.24, 2.45) is 13.0 Å². The van der Waals surface area contributed by atoms with Crippen LogP contribution in [0.2, 0.25) is 5.02 Å². The average Bonchev–Trinajstić information content (AvgIpc) is 3.09. The van der Waals surface area contributed by atoms with Crippen LogP contribution in [0.4, 0.5) is 0 Å². The molecule has 30 heavy (non-hydrogen) atoms. The van der Waals surface area contributed by atoms with Gasteiger partial charge in [0.05, 0.1) is 11.8 Å². The van der Waals surface area contributed by atoms with Crippen molar-refractivity contribution in [2.45, 2.75) is 56.8 Å². The lowest BCUT2D eigenvalue weighted by Crippen LogP contribution is -2.41. The molecule has 0 aliphatic heterocycles. The molecule has 3 atom stereocenters. The van der Waals surface area contributed by atoms with Crippen LogP contribution >= 0.6 is 23.4 Å². The molecule has 2 N–H and O–H groups in total. The van der Waals surface area contributed by atoms with E-state index in [9.17, 15) is 9.59 Å². The summed E-state index contributed by atoms with van der Waals surface area (Å²) in [4.78, 5) is 24.8. The Morgan fingerprint density at radius 1 is 1.23 bits per heavy atom. The van der Waals surface area contributed by atoms with Gasteiger partial charge in [-0.1, -0.05) is 43.1 Å². The molecule has 3 unspecified atom stereocenters. The van der Waals surface area contributed by atoms with E-state index in [1.54, 1.807) is 24.3 Å². The van der Waals surface area contributed by atoms with Crippen molar-refractivity contribution in [1.82, 2.24) is 25.4 Å². The van der Waals surface area contributed by atoms with Crippen LogP contribution < -0.4 is 10.6 Å². The van der Waals surface area contributed by atoms with Gasteiger partial charge in [-0.3, -0.25) is 9.59 Å². The molecule has 9 heteroatoms. The summed E-state index contributed by atoms with van der Waals surface area (Å²) in [5.74, 6) is 1.26. The van der Waals surface area contributed by atoms with Gasteiger partial charge in [-0.15, -0.1) is 10.2 Å². The zero-order valence-corrected chi connectivity index (χ0v) is 19.1. The van der Waals surface area contributed by atoms with E-state index >= 15 is 0 Å². The second-order valence-corrected chi connectivity index (χ2v) is 9.21. The molecule has 1 aromatic heterocycles. The molecule has 1 heterocycles. The predicted molar refractivity (Wildman–Crippen MR) is 119 cm³/mol. The van der Waals surface area contributed by atoms with Crippen molar-refractivity contribution in [1.29, 1.82) is 0 Å². The first kappa shape index (κ1) is 22.6. The molecule has 1 aliphatic carbocycles. The minimum absolute atomic E-state index is 0.0207. The third-order valence-corrected chi connectivity index (χ3v) is 6.77. The van der Waals surface area contributed by atoms with Gasteiger partial charge in [0.2, 0.25) is 5.91 Å². The van der Waals surface area contributed by atoms with Gasteiger partial charge in [0, 0.05) is 23.7 Å². The fourth-order valence-electron chi connectivity index (χ4n) is 3.68. The van der Waals surface area contributed by atoms with Gasteiger partial charge in [-0.2, -0.15) is 0 Å². The Morgan fingerprint density at radius 2 is 1.93 bits per heavy atom. The quantitative estimate of drug-likeness (QED) is 0.628. The Morgan fingerprint density at radius 3 is 2.63 bits per heavy atom. The maximum absolute atomic E-state index is 12.4. The van der Waals surface area contributed by atoms with Crippen LogP contribution in [-0.4, -0.2) is 38.4 Å². The largest absolute Gasteiger partial charge is 0.352 e. The van der Waals surface area contributed by atoms with E-state index in [-0.39, 0.29) is 23.9 Å². The molecule has 0 bridgehead atoms. The van der Waals surface area contributed by atoms with Crippen LogP contribution in [0.15, 0.2) is 29.4 Å². The number of nitrogens with zero attached hydrogens (tertiary/aromatic N) is 3. The zero-order valence-electron chi connectivity index (χ0n) is 17.5. The number of hydrogen-bond acceptors (Lipinski definition) is 5.